The first-order valence-electron chi connectivity index (χ1n) is 14.3. The molecule has 1 aliphatic heterocycles. The van der Waals surface area contributed by atoms with Gasteiger partial charge in [-0.1, -0.05) is 66.4 Å². The van der Waals surface area contributed by atoms with Gasteiger partial charge in [-0.05, 0) is 66.1 Å². The highest BCUT2D eigenvalue weighted by atomic mass is 32.2. The number of thioether (sulfide) groups is 1. The maximum atomic E-state index is 13.8. The first-order chi connectivity index (χ1) is 21.5. The molecule has 4 aromatic carbocycles. The first-order valence-corrected chi connectivity index (χ1v) is 15.3. The molecule has 8 heteroatoms. The fourth-order valence-corrected chi connectivity index (χ4v) is 6.74. The molecular weight excluding hydrogens is 568 g/mol. The molecule has 44 heavy (non-hydrogen) atoms. The fourth-order valence-electron chi connectivity index (χ4n) is 5.29. The molecule has 1 saturated heterocycles. The average Bonchev–Trinajstić information content (AvgIpc) is 3.61. The second kappa shape index (κ2) is 12.9. The molecule has 2 heterocycles. The van der Waals surface area contributed by atoms with E-state index in [0.717, 1.165) is 33.2 Å². The standard InChI is InChI=1S/C36H30N4O3S/c37-34(42)27-9-6-10-29(21-27)40-35(43)32(22-33(41)38-20-19-28-23-39-31-12-5-4-11-30(28)31)44-36(40)26-17-15-25(16-18-26)14-13-24-7-2-1-3-8-24/h1-12,15-18,21,23,32,36,39H,19-20,22H2,(H2,37,42)(H,38,41)/t32-,36+/m1/s1. The van der Waals surface area contributed by atoms with E-state index in [0.29, 0.717) is 24.2 Å². The number of hydrogen-bond donors (Lipinski definition) is 3. The Morgan fingerprint density at radius 3 is 2.39 bits per heavy atom. The van der Waals surface area contributed by atoms with E-state index in [1.165, 1.54) is 11.8 Å². The minimum Gasteiger partial charge on any atom is -0.366 e. The lowest BCUT2D eigenvalue weighted by Gasteiger charge is -2.24. The minimum atomic E-state index is -0.595. The number of nitrogens with two attached hydrogens (primary N) is 1. The van der Waals surface area contributed by atoms with Crippen LogP contribution in [0, 0.1) is 11.8 Å². The van der Waals surface area contributed by atoms with E-state index in [1.807, 2.05) is 79.0 Å². The van der Waals surface area contributed by atoms with E-state index in [2.05, 4.69) is 28.2 Å². The van der Waals surface area contributed by atoms with Crippen molar-refractivity contribution in [1.29, 1.82) is 0 Å². The molecule has 0 bridgehead atoms. The zero-order chi connectivity index (χ0) is 30.5. The summed E-state index contributed by atoms with van der Waals surface area (Å²) >= 11 is 1.42. The van der Waals surface area contributed by atoms with Crippen molar-refractivity contribution in [1.82, 2.24) is 10.3 Å². The van der Waals surface area contributed by atoms with Gasteiger partial charge in [-0.25, -0.2) is 0 Å². The van der Waals surface area contributed by atoms with Gasteiger partial charge in [0.05, 0.1) is 5.25 Å². The summed E-state index contributed by atoms with van der Waals surface area (Å²) in [7, 11) is 0. The minimum absolute atomic E-state index is 0.0422. The maximum Gasteiger partial charge on any atom is 0.248 e. The molecule has 4 N–H and O–H groups in total. The van der Waals surface area contributed by atoms with Crippen LogP contribution in [-0.2, 0) is 16.0 Å². The molecule has 1 aliphatic rings. The molecule has 218 valence electrons. The van der Waals surface area contributed by atoms with Crippen molar-refractivity contribution < 1.29 is 14.4 Å². The number of rotatable bonds is 8. The van der Waals surface area contributed by atoms with Gasteiger partial charge in [-0.15, -0.1) is 11.8 Å². The maximum absolute atomic E-state index is 13.8. The van der Waals surface area contributed by atoms with Gasteiger partial charge in [0.2, 0.25) is 17.7 Å². The number of hydrogen-bond acceptors (Lipinski definition) is 4. The van der Waals surface area contributed by atoms with Gasteiger partial charge < -0.3 is 16.0 Å². The van der Waals surface area contributed by atoms with Crippen LogP contribution in [0.3, 0.4) is 0 Å². The smallest absolute Gasteiger partial charge is 0.248 e. The van der Waals surface area contributed by atoms with E-state index in [1.54, 1.807) is 29.2 Å². The third kappa shape index (κ3) is 6.38. The number of carbonyl (C=O) groups excluding carboxylic acids is 3. The lowest BCUT2D eigenvalue weighted by atomic mass is 10.1. The summed E-state index contributed by atoms with van der Waals surface area (Å²) in [5.74, 6) is 5.39. The van der Waals surface area contributed by atoms with Crippen LogP contribution in [0.5, 0.6) is 0 Å². The molecule has 0 aliphatic carbocycles. The van der Waals surface area contributed by atoms with E-state index in [9.17, 15) is 14.4 Å². The van der Waals surface area contributed by atoms with E-state index in [-0.39, 0.29) is 18.2 Å². The van der Waals surface area contributed by atoms with Gasteiger partial charge in [-0.3, -0.25) is 19.3 Å². The second-order valence-electron chi connectivity index (χ2n) is 10.5. The SMILES string of the molecule is NC(=O)c1cccc(N2C(=O)[C@@H](CC(=O)NCCc3c[nH]c4ccccc34)S[C@H]2c2ccc(C#Cc3ccccc3)cc2)c1. The van der Waals surface area contributed by atoms with Gasteiger partial charge in [0, 0.05) is 52.4 Å². The highest BCUT2D eigenvalue weighted by Crippen LogP contribution is 2.46. The highest BCUT2D eigenvalue weighted by Gasteiger charge is 2.42. The van der Waals surface area contributed by atoms with E-state index >= 15 is 0 Å². The summed E-state index contributed by atoms with van der Waals surface area (Å²) in [6.45, 7) is 0.464. The summed E-state index contributed by atoms with van der Waals surface area (Å²) in [6.07, 6.45) is 2.69. The largest absolute Gasteiger partial charge is 0.366 e. The topological polar surface area (TPSA) is 108 Å². The molecule has 0 spiro atoms. The van der Waals surface area contributed by atoms with Crippen molar-refractivity contribution in [3.05, 3.63) is 137 Å². The number of aromatic nitrogens is 1. The highest BCUT2D eigenvalue weighted by molar-refractivity contribution is 8.01. The fraction of sp³-hybridized carbons (Fsp3) is 0.139. The zero-order valence-corrected chi connectivity index (χ0v) is 24.6. The third-order valence-electron chi connectivity index (χ3n) is 7.53. The number of anilines is 1. The number of nitrogens with zero attached hydrogens (tertiary/aromatic N) is 1. The number of para-hydroxylation sites is 1. The molecule has 7 nitrogen and oxygen atoms in total. The van der Waals surface area contributed by atoms with Gasteiger partial charge in [0.15, 0.2) is 0 Å². The van der Waals surface area contributed by atoms with Crippen molar-refractivity contribution in [3.63, 3.8) is 0 Å². The summed E-state index contributed by atoms with van der Waals surface area (Å²) < 4.78 is 0. The van der Waals surface area contributed by atoms with Crippen LogP contribution >= 0.6 is 11.8 Å². The predicted molar refractivity (Wildman–Crippen MR) is 175 cm³/mol. The number of amides is 3. The molecule has 0 radical (unpaired) electrons. The second-order valence-corrected chi connectivity index (χ2v) is 11.8. The molecule has 1 aromatic heterocycles. The Bertz CT molecular complexity index is 1890. The number of aromatic amines is 1. The van der Waals surface area contributed by atoms with Crippen molar-refractivity contribution >= 4 is 46.1 Å². The Kier molecular flexibility index (Phi) is 8.48. The quantitative estimate of drug-likeness (QED) is 0.203. The van der Waals surface area contributed by atoms with Crippen LogP contribution in [0.1, 0.15) is 44.4 Å². The molecule has 3 amide bonds. The van der Waals surface area contributed by atoms with Crippen LogP contribution < -0.4 is 16.0 Å². The van der Waals surface area contributed by atoms with Crippen LogP contribution in [0.15, 0.2) is 109 Å². The van der Waals surface area contributed by atoms with Gasteiger partial charge >= 0.3 is 0 Å². The molecular formula is C36H30N4O3S. The third-order valence-corrected chi connectivity index (χ3v) is 8.97. The van der Waals surface area contributed by atoms with Crippen molar-refractivity contribution in [2.24, 2.45) is 5.73 Å². The van der Waals surface area contributed by atoms with Crippen molar-refractivity contribution in [2.75, 3.05) is 11.4 Å². The lowest BCUT2D eigenvalue weighted by molar-refractivity contribution is -0.124. The first kappa shape index (κ1) is 28.8. The Morgan fingerprint density at radius 1 is 0.886 bits per heavy atom. The van der Waals surface area contributed by atoms with Gasteiger partial charge in [-0.2, -0.15) is 0 Å². The average molecular weight is 599 g/mol. The van der Waals surface area contributed by atoms with Crippen LogP contribution in [0.4, 0.5) is 5.69 Å². The summed E-state index contributed by atoms with van der Waals surface area (Å²) in [6, 6.07) is 32.3. The number of nitrogens with one attached hydrogen (secondary N) is 2. The number of benzene rings is 4. The van der Waals surface area contributed by atoms with E-state index in [4.69, 9.17) is 5.73 Å². The summed E-state index contributed by atoms with van der Waals surface area (Å²) in [5, 5.41) is 3.13. The molecule has 0 saturated carbocycles. The Balaban J connectivity index is 1.18. The van der Waals surface area contributed by atoms with Crippen LogP contribution in [0.2, 0.25) is 0 Å². The number of fused-ring (bicyclic) bond motifs is 1. The molecule has 5 aromatic rings. The van der Waals surface area contributed by atoms with Crippen molar-refractivity contribution in [2.45, 2.75) is 23.5 Å². The monoisotopic (exact) mass is 598 g/mol. The predicted octanol–water partition coefficient (Wildman–Crippen LogP) is 5.56. The number of H-pyrrole nitrogens is 1. The molecule has 0 unspecified atom stereocenters. The Morgan fingerprint density at radius 2 is 1.61 bits per heavy atom. The molecule has 6 rings (SSSR count). The number of carbonyl (C=O) groups is 3. The van der Waals surface area contributed by atoms with Crippen molar-refractivity contribution in [3.8, 4) is 11.8 Å². The van der Waals surface area contributed by atoms with Gasteiger partial charge in [0.25, 0.3) is 0 Å². The summed E-state index contributed by atoms with van der Waals surface area (Å²) in [4.78, 5) is 43.7. The summed E-state index contributed by atoms with van der Waals surface area (Å²) in [5.41, 5.74) is 11.3. The van der Waals surface area contributed by atoms with Crippen LogP contribution in [-0.4, -0.2) is 34.5 Å². The molecule has 1 fully saturated rings. The lowest BCUT2D eigenvalue weighted by Crippen LogP contribution is -2.34. The number of primary amides is 1. The van der Waals surface area contributed by atoms with Gasteiger partial charge in [0.1, 0.15) is 5.37 Å². The Labute approximate surface area is 259 Å². The molecule has 2 atom stereocenters. The van der Waals surface area contributed by atoms with E-state index < -0.39 is 16.5 Å². The Hall–Kier alpha value is -5.26. The normalized spacial score (nSPS) is 16.0. The zero-order valence-electron chi connectivity index (χ0n) is 23.8. The van der Waals surface area contributed by atoms with Crippen LogP contribution in [0.25, 0.3) is 10.9 Å².